The van der Waals surface area contributed by atoms with E-state index in [1.54, 1.807) is 11.0 Å². The second-order valence-electron chi connectivity index (χ2n) is 9.62. The minimum atomic E-state index is -0.582. The number of nitrogens with zero attached hydrogens (tertiary/aromatic N) is 1. The van der Waals surface area contributed by atoms with Gasteiger partial charge in [-0.2, -0.15) is 0 Å². The standard InChI is InChI=1S/C28H34ClFN2O4/c1-35-25-12-11-24(29)23(28(25)30)17-27(34)32-15-13-20(14-16-32)19-7-9-21(10-8-19)31-26(33)18-36-22-5-3-2-4-6-22/h7-12,20,22H,2-6,13-18H2,1H3,(H,31,33). The molecule has 8 heteroatoms. The summed E-state index contributed by atoms with van der Waals surface area (Å²) in [5.74, 6) is -0.451. The van der Waals surface area contributed by atoms with E-state index in [0.29, 0.717) is 19.0 Å². The SMILES string of the molecule is COc1ccc(Cl)c(CC(=O)N2CCC(c3ccc(NC(=O)COC4CCCCC4)cc3)CC2)c1F. The number of carbonyl (C=O) groups is 2. The van der Waals surface area contributed by atoms with Crippen LogP contribution in [0.2, 0.25) is 5.02 Å². The number of likely N-dealkylation sites (tertiary alicyclic amines) is 1. The highest BCUT2D eigenvalue weighted by Crippen LogP contribution is 2.31. The third-order valence-corrected chi connectivity index (χ3v) is 7.57. The van der Waals surface area contributed by atoms with Crippen molar-refractivity contribution in [1.29, 1.82) is 0 Å². The molecule has 1 saturated carbocycles. The number of piperidine rings is 1. The number of benzene rings is 2. The third kappa shape index (κ3) is 6.77. The summed E-state index contributed by atoms with van der Waals surface area (Å²) in [6.45, 7) is 1.29. The summed E-state index contributed by atoms with van der Waals surface area (Å²) in [5, 5.41) is 3.13. The predicted octanol–water partition coefficient (Wildman–Crippen LogP) is 5.72. The van der Waals surface area contributed by atoms with E-state index in [1.165, 1.54) is 38.0 Å². The first kappa shape index (κ1) is 26.4. The Bertz CT molecular complexity index is 1050. The van der Waals surface area contributed by atoms with Crippen molar-refractivity contribution in [3.63, 3.8) is 0 Å². The van der Waals surface area contributed by atoms with E-state index in [4.69, 9.17) is 21.1 Å². The van der Waals surface area contributed by atoms with Crippen molar-refractivity contribution in [2.45, 2.75) is 63.4 Å². The first-order chi connectivity index (χ1) is 17.4. The van der Waals surface area contributed by atoms with Gasteiger partial charge in [0.1, 0.15) is 6.61 Å². The average Bonchev–Trinajstić information content (AvgIpc) is 2.91. The molecule has 0 atom stereocenters. The lowest BCUT2D eigenvalue weighted by molar-refractivity contribution is -0.131. The Morgan fingerprint density at radius 3 is 2.39 bits per heavy atom. The van der Waals surface area contributed by atoms with Gasteiger partial charge in [-0.15, -0.1) is 0 Å². The molecule has 36 heavy (non-hydrogen) atoms. The van der Waals surface area contributed by atoms with Crippen molar-refractivity contribution in [1.82, 2.24) is 4.90 Å². The number of carbonyl (C=O) groups excluding carboxylic acids is 2. The van der Waals surface area contributed by atoms with Gasteiger partial charge in [0.2, 0.25) is 11.8 Å². The van der Waals surface area contributed by atoms with E-state index in [1.807, 2.05) is 24.3 Å². The molecule has 2 aliphatic rings. The molecular weight excluding hydrogens is 483 g/mol. The Balaban J connectivity index is 1.24. The van der Waals surface area contributed by atoms with Crippen LogP contribution in [0.3, 0.4) is 0 Å². The van der Waals surface area contributed by atoms with Gasteiger partial charge in [0.15, 0.2) is 11.6 Å². The third-order valence-electron chi connectivity index (χ3n) is 7.21. The first-order valence-electron chi connectivity index (χ1n) is 12.7. The van der Waals surface area contributed by atoms with Gasteiger partial charge in [0, 0.05) is 29.4 Å². The van der Waals surface area contributed by atoms with Crippen LogP contribution >= 0.6 is 11.6 Å². The summed E-state index contributed by atoms with van der Waals surface area (Å²) in [4.78, 5) is 26.8. The molecule has 2 aromatic carbocycles. The van der Waals surface area contributed by atoms with Crippen LogP contribution in [0.1, 0.15) is 62.0 Å². The molecule has 0 aromatic heterocycles. The van der Waals surface area contributed by atoms with Crippen LogP contribution in [0, 0.1) is 5.82 Å². The lowest BCUT2D eigenvalue weighted by Gasteiger charge is -2.32. The highest BCUT2D eigenvalue weighted by atomic mass is 35.5. The molecule has 1 aliphatic carbocycles. The van der Waals surface area contributed by atoms with E-state index in [9.17, 15) is 14.0 Å². The maximum atomic E-state index is 14.6. The number of halogens is 2. The number of rotatable bonds is 8. The largest absolute Gasteiger partial charge is 0.494 e. The number of amides is 2. The zero-order valence-corrected chi connectivity index (χ0v) is 21.5. The molecule has 6 nitrogen and oxygen atoms in total. The molecule has 2 aromatic rings. The van der Waals surface area contributed by atoms with Crippen LogP contribution in [0.5, 0.6) is 5.75 Å². The molecule has 2 amide bonds. The van der Waals surface area contributed by atoms with Gasteiger partial charge >= 0.3 is 0 Å². The second kappa shape index (κ2) is 12.5. The van der Waals surface area contributed by atoms with Crippen molar-refractivity contribution in [3.8, 4) is 5.75 Å². The van der Waals surface area contributed by atoms with Gasteiger partial charge in [-0.25, -0.2) is 4.39 Å². The van der Waals surface area contributed by atoms with Gasteiger partial charge in [0.25, 0.3) is 0 Å². The van der Waals surface area contributed by atoms with Gasteiger partial charge in [-0.1, -0.05) is 43.0 Å². The summed E-state index contributed by atoms with van der Waals surface area (Å²) in [6, 6.07) is 10.9. The van der Waals surface area contributed by atoms with Crippen LogP contribution in [-0.2, 0) is 20.7 Å². The van der Waals surface area contributed by atoms with E-state index in [2.05, 4.69) is 5.32 Å². The van der Waals surface area contributed by atoms with Crippen molar-refractivity contribution < 1.29 is 23.5 Å². The van der Waals surface area contributed by atoms with E-state index in [0.717, 1.165) is 31.4 Å². The summed E-state index contributed by atoms with van der Waals surface area (Å²) in [7, 11) is 1.38. The molecule has 194 valence electrons. The van der Waals surface area contributed by atoms with E-state index >= 15 is 0 Å². The van der Waals surface area contributed by atoms with Crippen molar-refractivity contribution >= 4 is 29.1 Å². The van der Waals surface area contributed by atoms with Gasteiger partial charge in [-0.05, 0) is 61.4 Å². The normalized spacial score (nSPS) is 17.1. The Kier molecular flexibility index (Phi) is 9.21. The lowest BCUT2D eigenvalue weighted by atomic mass is 9.89. The Hall–Kier alpha value is -2.64. The van der Waals surface area contributed by atoms with Crippen molar-refractivity contribution in [2.75, 3.05) is 32.1 Å². The van der Waals surface area contributed by atoms with E-state index < -0.39 is 5.82 Å². The van der Waals surface area contributed by atoms with Crippen molar-refractivity contribution in [2.24, 2.45) is 0 Å². The fourth-order valence-corrected chi connectivity index (χ4v) is 5.29. The highest BCUT2D eigenvalue weighted by Gasteiger charge is 2.26. The zero-order valence-electron chi connectivity index (χ0n) is 20.7. The van der Waals surface area contributed by atoms with Gasteiger partial charge in [-0.3, -0.25) is 9.59 Å². The molecule has 2 fully saturated rings. The predicted molar refractivity (Wildman–Crippen MR) is 138 cm³/mol. The monoisotopic (exact) mass is 516 g/mol. The van der Waals surface area contributed by atoms with Crippen LogP contribution in [-0.4, -0.2) is 49.6 Å². The minimum absolute atomic E-state index is 0.0808. The highest BCUT2D eigenvalue weighted by molar-refractivity contribution is 6.31. The molecule has 0 unspecified atom stereocenters. The van der Waals surface area contributed by atoms with Crippen molar-refractivity contribution in [3.05, 3.63) is 58.4 Å². The Labute approximate surface area is 217 Å². The van der Waals surface area contributed by atoms with Crippen LogP contribution in [0.4, 0.5) is 10.1 Å². The maximum Gasteiger partial charge on any atom is 0.250 e. The number of hydrogen-bond acceptors (Lipinski definition) is 4. The number of methoxy groups -OCH3 is 1. The van der Waals surface area contributed by atoms with Crippen LogP contribution in [0.25, 0.3) is 0 Å². The number of nitrogens with one attached hydrogen (secondary N) is 1. The summed E-state index contributed by atoms with van der Waals surface area (Å²) >= 11 is 6.14. The molecule has 0 spiro atoms. The minimum Gasteiger partial charge on any atom is -0.494 e. The number of anilines is 1. The van der Waals surface area contributed by atoms with Gasteiger partial charge < -0.3 is 19.7 Å². The molecular formula is C28H34ClFN2O4. The average molecular weight is 517 g/mol. The molecule has 1 aliphatic heterocycles. The molecule has 1 heterocycles. The van der Waals surface area contributed by atoms with Gasteiger partial charge in [0.05, 0.1) is 19.6 Å². The molecule has 0 bridgehead atoms. The maximum absolute atomic E-state index is 14.6. The summed E-state index contributed by atoms with van der Waals surface area (Å²) < 4.78 is 25.3. The van der Waals surface area contributed by atoms with Crippen LogP contribution in [0.15, 0.2) is 36.4 Å². The molecule has 0 radical (unpaired) electrons. The Morgan fingerprint density at radius 2 is 1.72 bits per heavy atom. The second-order valence-corrected chi connectivity index (χ2v) is 10.0. The first-order valence-corrected chi connectivity index (χ1v) is 13.1. The fourth-order valence-electron chi connectivity index (χ4n) is 5.08. The summed E-state index contributed by atoms with van der Waals surface area (Å²) in [6.07, 6.45) is 7.44. The zero-order chi connectivity index (χ0) is 25.5. The van der Waals surface area contributed by atoms with Crippen LogP contribution < -0.4 is 10.1 Å². The summed E-state index contributed by atoms with van der Waals surface area (Å²) in [5.41, 5.74) is 2.10. The topological polar surface area (TPSA) is 67.9 Å². The number of ether oxygens (including phenoxy) is 2. The fraction of sp³-hybridized carbons (Fsp3) is 0.500. The van der Waals surface area contributed by atoms with E-state index in [-0.39, 0.29) is 47.3 Å². The Morgan fingerprint density at radius 1 is 1.03 bits per heavy atom. The number of hydrogen-bond donors (Lipinski definition) is 1. The molecule has 1 saturated heterocycles. The lowest BCUT2D eigenvalue weighted by Crippen LogP contribution is -2.39. The molecule has 1 N–H and O–H groups in total. The smallest absolute Gasteiger partial charge is 0.250 e. The molecule has 4 rings (SSSR count). The quantitative estimate of drug-likeness (QED) is 0.487.